The minimum atomic E-state index is -3.54. The van der Waals surface area contributed by atoms with E-state index in [4.69, 9.17) is 14.9 Å². The second-order valence-electron chi connectivity index (χ2n) is 7.22. The maximum atomic E-state index is 13.0. The van der Waals surface area contributed by atoms with E-state index in [2.05, 4.69) is 5.20 Å². The fourth-order valence-electron chi connectivity index (χ4n) is 5.09. The zero-order chi connectivity index (χ0) is 15.2. The molecule has 1 aromatic rings. The van der Waals surface area contributed by atoms with Crippen LogP contribution in [-0.2, 0) is 9.09 Å². The van der Waals surface area contributed by atoms with Crippen LogP contribution < -0.4 is 15.6 Å². The molecule has 0 heterocycles. The summed E-state index contributed by atoms with van der Waals surface area (Å²) in [5, 5.41) is 2.31. The van der Waals surface area contributed by atoms with Crippen LogP contribution in [0.3, 0.4) is 0 Å². The Labute approximate surface area is 131 Å². The molecule has 4 bridgehead atoms. The lowest BCUT2D eigenvalue weighted by atomic mass is 9.54. The normalized spacial score (nSPS) is 38.7. The lowest BCUT2D eigenvalue weighted by molar-refractivity contribution is -0.111. The predicted molar refractivity (Wildman–Crippen MR) is 84.0 cm³/mol. The van der Waals surface area contributed by atoms with Gasteiger partial charge in [0.25, 0.3) is 0 Å². The van der Waals surface area contributed by atoms with E-state index in [1.807, 2.05) is 18.2 Å². The molecule has 6 heteroatoms. The van der Waals surface area contributed by atoms with Gasteiger partial charge in [-0.2, -0.15) is 5.20 Å². The number of nitrogens with two attached hydrogens (primary N) is 1. The summed E-state index contributed by atoms with van der Waals surface area (Å²) in [7, 11) is -3.54. The van der Waals surface area contributed by atoms with Gasteiger partial charge in [-0.05, 0) is 68.4 Å². The number of para-hydroxylation sites is 1. The van der Waals surface area contributed by atoms with Gasteiger partial charge in [0.2, 0.25) is 0 Å². The third-order valence-corrected chi connectivity index (χ3v) is 6.82. The Morgan fingerprint density at radius 3 is 2.09 bits per heavy atom. The monoisotopic (exact) mass is 322 g/mol. The first kappa shape index (κ1) is 14.7. The van der Waals surface area contributed by atoms with E-state index in [-0.39, 0.29) is 5.60 Å². The van der Waals surface area contributed by atoms with Crippen LogP contribution in [0.5, 0.6) is 5.75 Å². The number of hydrogen-bond acceptors (Lipinski definition) is 4. The molecule has 1 atom stereocenters. The highest BCUT2D eigenvalue weighted by Crippen LogP contribution is 2.61. The van der Waals surface area contributed by atoms with Crippen LogP contribution >= 0.6 is 7.75 Å². The molecule has 4 aliphatic rings. The van der Waals surface area contributed by atoms with Crippen molar-refractivity contribution in [3.63, 3.8) is 0 Å². The van der Waals surface area contributed by atoms with E-state index >= 15 is 0 Å². The zero-order valence-corrected chi connectivity index (χ0v) is 13.5. The molecular weight excluding hydrogens is 299 g/mol. The molecule has 5 rings (SSSR count). The lowest BCUT2D eigenvalue weighted by Crippen LogP contribution is -2.52. The molecule has 4 aliphatic carbocycles. The van der Waals surface area contributed by atoms with Gasteiger partial charge in [-0.25, -0.2) is 4.57 Å². The first-order chi connectivity index (χ1) is 10.6. The van der Waals surface area contributed by atoms with Crippen molar-refractivity contribution in [2.45, 2.75) is 44.1 Å². The fourth-order valence-corrected chi connectivity index (χ4v) is 6.36. The lowest BCUT2D eigenvalue weighted by Gasteiger charge is -2.56. The highest BCUT2D eigenvalue weighted by atomic mass is 31.2. The molecule has 0 spiro atoms. The molecule has 120 valence electrons. The van der Waals surface area contributed by atoms with E-state index < -0.39 is 7.75 Å². The van der Waals surface area contributed by atoms with Crippen LogP contribution in [0.25, 0.3) is 0 Å². The van der Waals surface area contributed by atoms with Crippen molar-refractivity contribution >= 4 is 7.75 Å². The fraction of sp³-hybridized carbons (Fsp3) is 0.625. The zero-order valence-electron chi connectivity index (χ0n) is 12.6. The Kier molecular flexibility index (Phi) is 3.57. The molecule has 3 N–H and O–H groups in total. The number of benzene rings is 1. The minimum absolute atomic E-state index is 0.314. The highest BCUT2D eigenvalue weighted by molar-refractivity contribution is 7.52. The van der Waals surface area contributed by atoms with Crippen molar-refractivity contribution in [1.29, 1.82) is 0 Å². The van der Waals surface area contributed by atoms with Crippen LogP contribution in [0.1, 0.15) is 38.5 Å². The van der Waals surface area contributed by atoms with Gasteiger partial charge in [-0.15, -0.1) is 0 Å². The SMILES string of the molecule is NNP(=O)(Oc1ccccc1)OC12CC3CC(CC(C3)C1)C2. The molecule has 0 amide bonds. The minimum Gasteiger partial charge on any atom is -0.412 e. The van der Waals surface area contributed by atoms with Gasteiger partial charge in [-0.1, -0.05) is 18.2 Å². The third-order valence-electron chi connectivity index (χ3n) is 5.42. The van der Waals surface area contributed by atoms with Gasteiger partial charge in [0.1, 0.15) is 5.75 Å². The summed E-state index contributed by atoms with van der Waals surface area (Å²) in [5.74, 6) is 8.18. The summed E-state index contributed by atoms with van der Waals surface area (Å²) in [4.78, 5) is 0. The second kappa shape index (κ2) is 5.34. The van der Waals surface area contributed by atoms with Crippen molar-refractivity contribution in [2.75, 3.05) is 0 Å². The standard InChI is InChI=1S/C16H23N2O3P/c17-18-22(19,20-15-4-2-1-3-5-15)21-16-9-12-6-13(10-16)8-14(7-12)11-16/h1-5,12-14H,6-11,17H2,(H,18,19). The molecular formula is C16H23N2O3P. The van der Waals surface area contributed by atoms with Crippen LogP contribution in [0.2, 0.25) is 0 Å². The third kappa shape index (κ3) is 2.71. The van der Waals surface area contributed by atoms with Crippen molar-refractivity contribution in [3.8, 4) is 5.75 Å². The van der Waals surface area contributed by atoms with Crippen molar-refractivity contribution in [3.05, 3.63) is 30.3 Å². The van der Waals surface area contributed by atoms with Gasteiger partial charge >= 0.3 is 7.75 Å². The van der Waals surface area contributed by atoms with E-state index in [0.717, 1.165) is 19.3 Å². The molecule has 4 saturated carbocycles. The molecule has 22 heavy (non-hydrogen) atoms. The number of hydrogen-bond donors (Lipinski definition) is 2. The molecule has 1 unspecified atom stereocenters. The van der Waals surface area contributed by atoms with E-state index in [1.165, 1.54) is 19.3 Å². The summed E-state index contributed by atoms with van der Waals surface area (Å²) < 4.78 is 24.6. The average Bonchev–Trinajstić information content (AvgIpc) is 2.46. The van der Waals surface area contributed by atoms with Crippen LogP contribution in [0.4, 0.5) is 0 Å². The quantitative estimate of drug-likeness (QED) is 0.492. The van der Waals surface area contributed by atoms with Gasteiger partial charge in [0, 0.05) is 0 Å². The van der Waals surface area contributed by atoms with Gasteiger partial charge in [-0.3, -0.25) is 10.4 Å². The molecule has 4 fully saturated rings. The molecule has 0 saturated heterocycles. The van der Waals surface area contributed by atoms with E-state index in [9.17, 15) is 4.57 Å². The molecule has 1 aromatic carbocycles. The van der Waals surface area contributed by atoms with Gasteiger partial charge < -0.3 is 4.52 Å². The first-order valence-electron chi connectivity index (χ1n) is 8.11. The van der Waals surface area contributed by atoms with Gasteiger partial charge in [0.05, 0.1) is 5.60 Å². The maximum absolute atomic E-state index is 13.0. The summed E-state index contributed by atoms with van der Waals surface area (Å²) >= 11 is 0. The Morgan fingerprint density at radius 1 is 1.05 bits per heavy atom. The van der Waals surface area contributed by atoms with Gasteiger partial charge in [0.15, 0.2) is 0 Å². The summed E-state index contributed by atoms with van der Waals surface area (Å²) in [5.41, 5.74) is -0.314. The Hall–Kier alpha value is -0.870. The summed E-state index contributed by atoms with van der Waals surface area (Å²) in [6.45, 7) is 0. The molecule has 0 aromatic heterocycles. The second-order valence-corrected chi connectivity index (χ2v) is 8.84. The number of nitrogens with one attached hydrogen (secondary N) is 1. The number of hydrazine groups is 1. The largest absolute Gasteiger partial charge is 0.472 e. The Balaban J connectivity index is 1.54. The van der Waals surface area contributed by atoms with Crippen molar-refractivity contribution < 1.29 is 13.6 Å². The number of rotatable bonds is 5. The Bertz CT molecular complexity index is 557. The maximum Gasteiger partial charge on any atom is 0.472 e. The van der Waals surface area contributed by atoms with Crippen molar-refractivity contribution in [2.24, 2.45) is 23.6 Å². The smallest absolute Gasteiger partial charge is 0.412 e. The first-order valence-corrected chi connectivity index (χ1v) is 9.66. The summed E-state index contributed by atoms with van der Waals surface area (Å²) in [6.07, 6.45) is 6.89. The van der Waals surface area contributed by atoms with Crippen molar-refractivity contribution in [1.82, 2.24) is 5.20 Å². The average molecular weight is 322 g/mol. The van der Waals surface area contributed by atoms with E-state index in [1.54, 1.807) is 12.1 Å². The molecule has 0 aliphatic heterocycles. The molecule has 5 nitrogen and oxygen atoms in total. The summed E-state index contributed by atoms with van der Waals surface area (Å²) in [6, 6.07) is 9.06. The molecule has 0 radical (unpaired) electrons. The predicted octanol–water partition coefficient (Wildman–Crippen LogP) is 3.62. The highest BCUT2D eigenvalue weighted by Gasteiger charge is 2.54. The topological polar surface area (TPSA) is 73.6 Å². The van der Waals surface area contributed by atoms with Crippen LogP contribution in [0, 0.1) is 17.8 Å². The van der Waals surface area contributed by atoms with Crippen LogP contribution in [0.15, 0.2) is 30.3 Å². The van der Waals surface area contributed by atoms with E-state index in [0.29, 0.717) is 23.5 Å². The van der Waals surface area contributed by atoms with Crippen LogP contribution in [-0.4, -0.2) is 5.60 Å². The Morgan fingerprint density at radius 2 is 1.59 bits per heavy atom.